The third-order valence-corrected chi connectivity index (χ3v) is 3.45. The minimum Gasteiger partial charge on any atom is -0.303 e. The van der Waals surface area contributed by atoms with Gasteiger partial charge in [-0.1, -0.05) is 0 Å². The van der Waals surface area contributed by atoms with Crippen LogP contribution in [0.1, 0.15) is 31.1 Å². The van der Waals surface area contributed by atoms with Gasteiger partial charge in [-0.15, -0.1) is 0 Å². The fourth-order valence-corrected chi connectivity index (χ4v) is 2.85. The predicted molar refractivity (Wildman–Crippen MR) is 55.3 cm³/mol. The molecule has 1 aromatic carbocycles. The number of benzene rings is 1. The fourth-order valence-electron chi connectivity index (χ4n) is 2.24. The quantitative estimate of drug-likeness (QED) is 0.577. The first-order valence-electron chi connectivity index (χ1n) is 4.81. The van der Waals surface area contributed by atoms with Gasteiger partial charge in [0.05, 0.1) is 0 Å². The summed E-state index contributed by atoms with van der Waals surface area (Å²) in [6.45, 7) is 0. The number of hydrogen-bond acceptors (Lipinski definition) is 5. The first-order valence-corrected chi connectivity index (χ1v) is 6.34. The number of rotatable bonds is 2. The average molecular weight is 268 g/mol. The van der Waals surface area contributed by atoms with Crippen LogP contribution in [0, 0.1) is 0 Å². The molecule has 0 amide bonds. The van der Waals surface area contributed by atoms with Crippen molar-refractivity contribution in [1.82, 2.24) is 0 Å². The van der Waals surface area contributed by atoms with Gasteiger partial charge in [0.15, 0.2) is 0 Å². The van der Waals surface area contributed by atoms with Crippen LogP contribution in [0.4, 0.5) is 0 Å². The van der Waals surface area contributed by atoms with Crippen molar-refractivity contribution in [3.63, 3.8) is 0 Å². The Hall–Kier alpha value is -1.66. The largest absolute Gasteiger partial charge is 0.471 e. The molecule has 18 heavy (non-hydrogen) atoms. The zero-order valence-electron chi connectivity index (χ0n) is 8.61. The molecule has 7 nitrogen and oxygen atoms in total. The molecule has 0 spiro atoms. The Labute approximate surface area is 99.6 Å². The lowest BCUT2D eigenvalue weighted by Crippen LogP contribution is -2.59. The molecule has 4 rings (SSSR count). The average Bonchev–Trinajstić information content (AvgIpc) is 2.28. The first-order chi connectivity index (χ1) is 8.25. The summed E-state index contributed by atoms with van der Waals surface area (Å²) in [5, 5.41) is 0. The summed E-state index contributed by atoms with van der Waals surface area (Å²) >= 11 is 0. The van der Waals surface area contributed by atoms with Crippen molar-refractivity contribution in [3.8, 4) is 0 Å². The molecule has 0 unspecified atom stereocenters. The summed E-state index contributed by atoms with van der Waals surface area (Å²) in [5.41, 5.74) is -2.61. The number of ketones is 3. The van der Waals surface area contributed by atoms with E-state index in [4.69, 9.17) is 9.79 Å². The molecule has 0 atom stereocenters. The molecule has 3 aliphatic rings. The van der Waals surface area contributed by atoms with Crippen LogP contribution >= 0.6 is 7.82 Å². The molecule has 4 bridgehead atoms. The molecule has 0 saturated carbocycles. The molecule has 0 fully saturated rings. The Morgan fingerprint density at radius 2 is 1.22 bits per heavy atom. The normalized spacial score (nSPS) is 19.8. The molecule has 0 saturated heterocycles. The van der Waals surface area contributed by atoms with Gasteiger partial charge in [-0.05, 0) is 18.2 Å². The molecule has 0 aromatic heterocycles. The minimum atomic E-state index is -5.17. The van der Waals surface area contributed by atoms with E-state index < -0.39 is 30.8 Å². The van der Waals surface area contributed by atoms with Crippen molar-refractivity contribution in [2.24, 2.45) is 0 Å². The van der Waals surface area contributed by atoms with E-state index in [2.05, 4.69) is 4.52 Å². The van der Waals surface area contributed by atoms with Crippen molar-refractivity contribution in [1.29, 1.82) is 0 Å². The van der Waals surface area contributed by atoms with Crippen LogP contribution in [-0.4, -0.2) is 32.7 Å². The van der Waals surface area contributed by atoms with Gasteiger partial charge in [0.2, 0.25) is 17.3 Å². The van der Waals surface area contributed by atoms with Crippen molar-refractivity contribution in [2.75, 3.05) is 0 Å². The van der Waals surface area contributed by atoms with Gasteiger partial charge in [-0.3, -0.25) is 18.9 Å². The van der Waals surface area contributed by atoms with Crippen LogP contribution in [0.2, 0.25) is 0 Å². The maximum absolute atomic E-state index is 11.9. The van der Waals surface area contributed by atoms with Crippen LogP contribution in [0.15, 0.2) is 18.2 Å². The maximum atomic E-state index is 11.9. The molecule has 0 aliphatic heterocycles. The van der Waals surface area contributed by atoms with Crippen LogP contribution < -0.4 is 0 Å². The molecular weight excluding hydrogens is 263 g/mol. The smallest absolute Gasteiger partial charge is 0.303 e. The van der Waals surface area contributed by atoms with E-state index in [9.17, 15) is 18.9 Å². The van der Waals surface area contributed by atoms with E-state index in [1.54, 1.807) is 0 Å². The molecule has 0 heterocycles. The van der Waals surface area contributed by atoms with E-state index in [1.165, 1.54) is 18.2 Å². The number of phosphoric ester groups is 1. The van der Waals surface area contributed by atoms with Gasteiger partial charge in [0.1, 0.15) is 0 Å². The second-order valence-electron chi connectivity index (χ2n) is 4.05. The van der Waals surface area contributed by atoms with Gasteiger partial charge in [-0.25, -0.2) is 4.57 Å². The fraction of sp³-hybridized carbons (Fsp3) is 0.100. The molecule has 8 heteroatoms. The van der Waals surface area contributed by atoms with E-state index in [1.807, 2.05) is 0 Å². The lowest BCUT2D eigenvalue weighted by Gasteiger charge is -2.36. The van der Waals surface area contributed by atoms with Crippen molar-refractivity contribution in [2.45, 2.75) is 5.60 Å². The Bertz CT molecular complexity index is 597. The molecule has 0 radical (unpaired) electrons. The van der Waals surface area contributed by atoms with E-state index in [0.29, 0.717) is 0 Å². The Kier molecular flexibility index (Phi) is 1.92. The highest BCUT2D eigenvalue weighted by molar-refractivity contribution is 7.46. The van der Waals surface area contributed by atoms with Gasteiger partial charge in [0.25, 0.3) is 5.60 Å². The Balaban J connectivity index is 2.31. The Morgan fingerprint density at radius 1 is 0.889 bits per heavy atom. The highest BCUT2D eigenvalue weighted by Crippen LogP contribution is 2.48. The van der Waals surface area contributed by atoms with Crippen LogP contribution in [0.3, 0.4) is 0 Å². The van der Waals surface area contributed by atoms with Crippen molar-refractivity contribution in [3.05, 3.63) is 34.9 Å². The molecule has 92 valence electrons. The van der Waals surface area contributed by atoms with Gasteiger partial charge in [-0.2, -0.15) is 0 Å². The molecule has 2 N–H and O–H groups in total. The molecule has 1 aromatic rings. The maximum Gasteiger partial charge on any atom is 0.471 e. The summed E-state index contributed by atoms with van der Waals surface area (Å²) in [4.78, 5) is 53.4. The van der Waals surface area contributed by atoms with Crippen LogP contribution in [0.25, 0.3) is 0 Å². The van der Waals surface area contributed by atoms with E-state index >= 15 is 0 Å². The summed E-state index contributed by atoms with van der Waals surface area (Å²) < 4.78 is 15.2. The monoisotopic (exact) mass is 268 g/mol. The van der Waals surface area contributed by atoms with E-state index in [0.717, 1.165) is 0 Å². The highest BCUT2D eigenvalue weighted by Gasteiger charge is 2.62. The lowest BCUT2D eigenvalue weighted by molar-refractivity contribution is 0.0240. The van der Waals surface area contributed by atoms with Crippen LogP contribution in [-0.2, 0) is 9.09 Å². The van der Waals surface area contributed by atoms with Crippen molar-refractivity contribution >= 4 is 25.2 Å². The summed E-state index contributed by atoms with van der Waals surface area (Å²) in [6.07, 6.45) is 0. The highest BCUT2D eigenvalue weighted by atomic mass is 31.2. The van der Waals surface area contributed by atoms with Crippen LogP contribution in [0.5, 0.6) is 0 Å². The zero-order chi connectivity index (χ0) is 13.3. The topological polar surface area (TPSA) is 118 Å². The standard InChI is InChI=1S/C10H5O7P/c11-7-4-1-5-3-6(2-4)9(13)10(7,8(5)12)17-18(14,15)16/h1-3H,(H2,14,15,16). The predicted octanol–water partition coefficient (Wildman–Crippen LogP) is 0.110. The van der Waals surface area contributed by atoms with Gasteiger partial charge in [0, 0.05) is 16.7 Å². The second kappa shape index (κ2) is 3.02. The number of carbonyl (C=O) groups excluding carboxylic acids is 3. The number of phosphoric acid groups is 1. The first kappa shape index (κ1) is 11.4. The van der Waals surface area contributed by atoms with Crippen molar-refractivity contribution < 1.29 is 33.3 Å². The summed E-state index contributed by atoms with van der Waals surface area (Å²) in [6, 6.07) is 3.80. The SMILES string of the molecule is O=C1c2cc3cc(c2)C(=O)C1(OP(=O)(O)O)C3=O. The molecule has 3 aliphatic carbocycles. The third kappa shape index (κ3) is 1.19. The van der Waals surface area contributed by atoms with E-state index in [-0.39, 0.29) is 16.7 Å². The number of carbonyl (C=O) groups is 3. The Morgan fingerprint density at radius 3 is 1.50 bits per heavy atom. The third-order valence-electron chi connectivity index (χ3n) is 2.93. The summed E-state index contributed by atoms with van der Waals surface area (Å²) in [7, 11) is -5.17. The van der Waals surface area contributed by atoms with Gasteiger partial charge >= 0.3 is 7.82 Å². The zero-order valence-corrected chi connectivity index (χ0v) is 9.51. The summed E-state index contributed by atoms with van der Waals surface area (Å²) in [5.74, 6) is -3.08. The lowest BCUT2D eigenvalue weighted by atomic mass is 9.69. The number of Topliss-reactive ketones (excluding diaryl/α,β-unsaturated/α-hetero) is 3. The number of hydrogen-bond donors (Lipinski definition) is 2. The molecular formula is C10H5O7P. The second-order valence-corrected chi connectivity index (χ2v) is 5.21. The minimum absolute atomic E-state index is 0.0372. The van der Waals surface area contributed by atoms with Gasteiger partial charge < -0.3 is 9.79 Å².